The first-order valence-corrected chi connectivity index (χ1v) is 39.6. The van der Waals surface area contributed by atoms with Gasteiger partial charge < -0.3 is 83.2 Å². The van der Waals surface area contributed by atoms with Crippen LogP contribution in [-0.2, 0) is 19.7 Å². The van der Waals surface area contributed by atoms with E-state index < -0.39 is 8.80 Å². The molecule has 14 rings (SSSR count). The van der Waals surface area contributed by atoms with Crippen LogP contribution in [0.4, 0.5) is 34.9 Å². The SMILES string of the molecule is CCO[Si](CCc1ccc(Nc2nc(Nc3ccc(O)cc3)nc(Nc3ccc(O)cc3)n2)cc1)(OCC)OCC.O=Cc1ccc(OCCCOc2ccc(O)cc2)cc1.O=Cc1ccc2cc(OCCCOc3ccc(O)cc3)ccc2c1.O=Cc1ccc2ccc3c(OCCCOc4ccc(O)cc4)ccc4ccc1c2c43. The van der Waals surface area contributed by atoms with Crippen molar-refractivity contribution >= 4 is 106 Å². The van der Waals surface area contributed by atoms with E-state index in [4.69, 9.17) is 46.8 Å². The van der Waals surface area contributed by atoms with Gasteiger partial charge in [-0.25, -0.2) is 0 Å². The molecule has 0 fully saturated rings. The highest BCUT2D eigenvalue weighted by Crippen LogP contribution is 2.40. The van der Waals surface area contributed by atoms with Crippen molar-refractivity contribution in [3.63, 3.8) is 0 Å². The Morgan fingerprint density at radius 1 is 0.330 bits per heavy atom. The Kier molecular flexibility index (Phi) is 30.3. The molecule has 0 amide bonds. The molecule has 115 heavy (non-hydrogen) atoms. The fourth-order valence-corrected chi connectivity index (χ4v) is 14.7. The van der Waals surface area contributed by atoms with E-state index >= 15 is 0 Å². The maximum absolute atomic E-state index is 11.5. The van der Waals surface area contributed by atoms with Gasteiger partial charge in [0.1, 0.15) is 75.8 Å². The molecule has 0 atom stereocenters. The molecule has 13 aromatic carbocycles. The zero-order valence-electron chi connectivity index (χ0n) is 63.9. The number of aryl methyl sites for hydroxylation is 1. The number of nitrogens with zero attached hydrogens (tertiary/aromatic N) is 3. The van der Waals surface area contributed by atoms with Crippen molar-refractivity contribution in [3.8, 4) is 63.2 Å². The first kappa shape index (κ1) is 82.4. The van der Waals surface area contributed by atoms with Crippen molar-refractivity contribution in [2.24, 2.45) is 0 Å². The van der Waals surface area contributed by atoms with Gasteiger partial charge in [0.25, 0.3) is 0 Å². The standard InChI is InChI=1S/C29H36N6O5Si.C26H20O4.C20H18O4.C16H16O4/c1-4-38-41(39-5-2,40-6-3)20-19-21-7-9-22(10-8-21)30-27-33-28(31-23-11-15-25(36)16-12-23)35-29(34-27)32-24-13-17-26(37)18-14-24;27-16-19-3-2-17-5-12-23-24(13-6-18-4-11-22(19)25(17)26(18)23)30-15-1-14-29-21-9-7-20(28)8-10-21;21-14-15-2-3-17-13-20(7-4-16(17)12-15)24-11-1-10-23-19-8-5-18(22)6-9-19;17-12-13-2-6-15(7-3-13)19-10-1-11-20-16-8-4-14(18)5-9-16/h7-18,36-37H,4-6,19-20H2,1-3H3,(H3,30,31,32,33,34,35);2-13,16,28H,1,14-15H2;2-9,12-14,22H,1,10-11H2;2-9,12,18H,1,10-11H2. The van der Waals surface area contributed by atoms with E-state index in [0.717, 1.165) is 133 Å². The number of benzene rings is 13. The van der Waals surface area contributed by atoms with Crippen molar-refractivity contribution in [2.75, 3.05) is 75.4 Å². The molecule has 590 valence electrons. The highest BCUT2D eigenvalue weighted by Gasteiger charge is 2.40. The Hall–Kier alpha value is -13.5. The normalized spacial score (nSPS) is 10.9. The van der Waals surface area contributed by atoms with Crippen LogP contribution >= 0.6 is 0 Å². The number of carbonyl (C=O) groups excluding carboxylic acids is 3. The second kappa shape index (κ2) is 42.2. The summed E-state index contributed by atoms with van der Waals surface area (Å²) in [5, 5.41) is 64.9. The summed E-state index contributed by atoms with van der Waals surface area (Å²) in [4.78, 5) is 46.3. The number of phenolic OH excluding ortho intramolecular Hbond substituents is 5. The van der Waals surface area contributed by atoms with Crippen LogP contribution in [-0.4, -0.2) is 128 Å². The van der Waals surface area contributed by atoms with Crippen LogP contribution in [0, 0.1) is 0 Å². The minimum Gasteiger partial charge on any atom is -0.508 e. The van der Waals surface area contributed by atoms with Crippen LogP contribution < -0.4 is 44.4 Å². The van der Waals surface area contributed by atoms with Gasteiger partial charge in [0.2, 0.25) is 17.8 Å². The zero-order valence-corrected chi connectivity index (χ0v) is 64.9. The molecule has 0 bridgehead atoms. The summed E-state index contributed by atoms with van der Waals surface area (Å²) < 4.78 is 52.0. The van der Waals surface area contributed by atoms with Crippen LogP contribution in [0.5, 0.6) is 63.2 Å². The van der Waals surface area contributed by atoms with Gasteiger partial charge in [-0.1, -0.05) is 66.7 Å². The predicted octanol–water partition coefficient (Wildman–Crippen LogP) is 19.3. The Labute approximate surface area is 667 Å². The lowest BCUT2D eigenvalue weighted by molar-refractivity contribution is 0.0713. The number of anilines is 6. The maximum atomic E-state index is 11.5. The van der Waals surface area contributed by atoms with Crippen LogP contribution in [0.3, 0.4) is 0 Å². The molecule has 24 heteroatoms. The van der Waals surface area contributed by atoms with E-state index in [1.165, 1.54) is 0 Å². The topological polar surface area (TPSA) is 310 Å². The number of hydrogen-bond donors (Lipinski definition) is 8. The summed E-state index contributed by atoms with van der Waals surface area (Å²) in [6.45, 7) is 10.8. The average Bonchev–Trinajstić information content (AvgIpc) is 0.734. The second-order valence-electron chi connectivity index (χ2n) is 25.9. The quantitative estimate of drug-likeness (QED) is 0.00595. The molecule has 1 aromatic heterocycles. The number of aromatic hydroxyl groups is 5. The molecule has 0 aliphatic rings. The van der Waals surface area contributed by atoms with Crippen LogP contribution in [0.15, 0.2) is 255 Å². The van der Waals surface area contributed by atoms with E-state index in [-0.39, 0.29) is 28.7 Å². The summed E-state index contributed by atoms with van der Waals surface area (Å²) in [6.07, 6.45) is 5.56. The number of phenols is 5. The van der Waals surface area contributed by atoms with Crippen molar-refractivity contribution in [1.82, 2.24) is 15.0 Å². The van der Waals surface area contributed by atoms with Crippen LogP contribution in [0.1, 0.15) is 76.7 Å². The highest BCUT2D eigenvalue weighted by atomic mass is 28.4. The van der Waals surface area contributed by atoms with Gasteiger partial charge in [-0.3, -0.25) is 14.4 Å². The number of aromatic nitrogens is 3. The van der Waals surface area contributed by atoms with E-state index in [1.54, 1.807) is 152 Å². The third-order valence-electron chi connectivity index (χ3n) is 17.7. The Balaban J connectivity index is 0.000000156. The third-order valence-corrected chi connectivity index (χ3v) is 20.7. The number of ether oxygens (including phenoxy) is 6. The van der Waals surface area contributed by atoms with E-state index in [0.29, 0.717) is 111 Å². The molecular formula is C91H90N6O17Si. The number of nitrogens with one attached hydrogen (secondary N) is 3. The molecule has 1 heterocycles. The summed E-state index contributed by atoms with van der Waals surface area (Å²) in [5.41, 5.74) is 5.34. The summed E-state index contributed by atoms with van der Waals surface area (Å²) in [5.74, 6) is 6.45. The molecule has 0 aliphatic carbocycles. The molecule has 14 aromatic rings. The molecule has 0 aliphatic heterocycles. The monoisotopic (exact) mass is 1570 g/mol. The molecule has 0 saturated heterocycles. The largest absolute Gasteiger partial charge is 0.508 e. The molecular weight excluding hydrogens is 1480 g/mol. The number of rotatable bonds is 36. The van der Waals surface area contributed by atoms with Crippen molar-refractivity contribution < 1.29 is 81.6 Å². The Morgan fingerprint density at radius 3 is 1.10 bits per heavy atom. The first-order chi connectivity index (χ1) is 56.2. The van der Waals surface area contributed by atoms with Crippen molar-refractivity contribution in [3.05, 3.63) is 277 Å². The van der Waals surface area contributed by atoms with E-state index in [2.05, 4.69) is 55.2 Å². The van der Waals surface area contributed by atoms with E-state index in [1.807, 2.05) is 99.6 Å². The van der Waals surface area contributed by atoms with Gasteiger partial charge in [-0.05, 0) is 253 Å². The number of hydrogen-bond acceptors (Lipinski definition) is 23. The third kappa shape index (κ3) is 24.7. The molecule has 0 unspecified atom stereocenters. The maximum Gasteiger partial charge on any atom is 0.501 e. The Morgan fingerprint density at radius 2 is 0.670 bits per heavy atom. The summed E-state index contributed by atoms with van der Waals surface area (Å²) >= 11 is 0. The minimum absolute atomic E-state index is 0.161. The predicted molar refractivity (Wildman–Crippen MR) is 449 cm³/mol. The van der Waals surface area contributed by atoms with Gasteiger partial charge in [-0.2, -0.15) is 15.0 Å². The van der Waals surface area contributed by atoms with E-state index in [9.17, 15) is 34.8 Å². The van der Waals surface area contributed by atoms with Gasteiger partial charge >= 0.3 is 8.80 Å². The zero-order chi connectivity index (χ0) is 80.6. The van der Waals surface area contributed by atoms with Crippen molar-refractivity contribution in [2.45, 2.75) is 52.5 Å². The highest BCUT2D eigenvalue weighted by molar-refractivity contribution is 6.60. The summed E-state index contributed by atoms with van der Waals surface area (Å²) in [6, 6.07) is 76.4. The van der Waals surface area contributed by atoms with Gasteiger partial charge in [0.05, 0.1) is 39.6 Å². The molecule has 23 nitrogen and oxygen atoms in total. The lowest BCUT2D eigenvalue weighted by Crippen LogP contribution is -2.46. The van der Waals surface area contributed by atoms with Crippen molar-refractivity contribution in [1.29, 1.82) is 0 Å². The molecule has 0 radical (unpaired) electrons. The fourth-order valence-electron chi connectivity index (χ4n) is 12.1. The Bertz CT molecular complexity index is 5300. The molecule has 8 N–H and O–H groups in total. The fraction of sp³-hybridized carbons (Fsp3) is 0.187. The lowest BCUT2D eigenvalue weighted by atomic mass is 9.92. The van der Waals surface area contributed by atoms with Gasteiger partial charge in [0, 0.05) is 89.7 Å². The number of carbonyl (C=O) groups is 3. The number of aldehydes is 3. The second-order valence-corrected chi connectivity index (χ2v) is 28.7. The molecule has 0 spiro atoms. The van der Waals surface area contributed by atoms with Crippen LogP contribution in [0.2, 0.25) is 6.04 Å². The van der Waals surface area contributed by atoms with Crippen LogP contribution in [0.25, 0.3) is 43.1 Å². The lowest BCUT2D eigenvalue weighted by Gasteiger charge is -2.28. The molecule has 0 saturated carbocycles. The number of fused-ring (bicyclic) bond motifs is 1. The minimum atomic E-state index is -2.72. The van der Waals surface area contributed by atoms with Gasteiger partial charge in [-0.15, -0.1) is 0 Å². The summed E-state index contributed by atoms with van der Waals surface area (Å²) in [7, 11) is -2.72. The smallest absolute Gasteiger partial charge is 0.501 e. The van der Waals surface area contributed by atoms with Gasteiger partial charge in [0.15, 0.2) is 6.29 Å². The average molecular weight is 1570 g/mol. The first-order valence-electron chi connectivity index (χ1n) is 37.7.